The number of carboxylic acids is 1. The molecule has 0 fully saturated rings. The minimum atomic E-state index is -0.653. The fourth-order valence-corrected chi connectivity index (χ4v) is 2.65. The van der Waals surface area contributed by atoms with Gasteiger partial charge in [0.1, 0.15) is 0 Å². The van der Waals surface area contributed by atoms with Crippen LogP contribution in [0.25, 0.3) is 0 Å². The van der Waals surface area contributed by atoms with E-state index < -0.39 is 5.97 Å². The number of carboxylic acid groups (broad SMARTS) is 1. The van der Waals surface area contributed by atoms with E-state index in [0.717, 1.165) is 12.8 Å². The summed E-state index contributed by atoms with van der Waals surface area (Å²) in [6.45, 7) is 2.27. The molecule has 0 aliphatic heterocycles. The van der Waals surface area contributed by atoms with Crippen LogP contribution in [-0.4, -0.2) is 40.6 Å². The molecule has 0 bridgehead atoms. The Morgan fingerprint density at radius 1 is 0.636 bits per heavy atom. The molecule has 4 N–H and O–H groups in total. The molecule has 0 saturated carbocycles. The van der Waals surface area contributed by atoms with Crippen LogP contribution in [0.1, 0.15) is 110 Å². The van der Waals surface area contributed by atoms with Gasteiger partial charge >= 0.3 is 5.97 Å². The fourth-order valence-electron chi connectivity index (χ4n) is 2.65. The van der Waals surface area contributed by atoms with Crippen LogP contribution >= 0.6 is 0 Å². The second-order valence-corrected chi connectivity index (χ2v) is 6.09. The minimum absolute atomic E-state index is 0. The van der Waals surface area contributed by atoms with Gasteiger partial charge in [0.2, 0.25) is 0 Å². The molecule has 129 valence electrons. The summed E-state index contributed by atoms with van der Waals surface area (Å²) < 4.78 is 0. The van der Waals surface area contributed by atoms with Gasteiger partial charge in [0, 0.05) is 36.0 Å². The monoisotopic (exact) mass is 324 g/mol. The number of hydrogen-bond acceptors (Lipinski definition) is 2. The van der Waals surface area contributed by atoms with Crippen molar-refractivity contribution in [2.75, 3.05) is 0 Å². The third kappa shape index (κ3) is 25.4. The zero-order valence-corrected chi connectivity index (χ0v) is 17.4. The second kappa shape index (κ2) is 23.7. The van der Waals surface area contributed by atoms with Crippen LogP contribution in [0.2, 0.25) is 0 Å². The van der Waals surface area contributed by atoms with E-state index in [2.05, 4.69) is 6.92 Å². The summed E-state index contributed by atoms with van der Waals surface area (Å²) in [6.07, 6.45) is 20.2. The molecule has 0 aromatic carbocycles. The van der Waals surface area contributed by atoms with E-state index in [1.165, 1.54) is 83.5 Å². The summed E-state index contributed by atoms with van der Waals surface area (Å²) in [7, 11) is 0. The van der Waals surface area contributed by atoms with E-state index in [9.17, 15) is 4.79 Å². The topological polar surface area (TPSA) is 72.3 Å². The van der Waals surface area contributed by atoms with Crippen molar-refractivity contribution in [3.8, 4) is 0 Å². The largest absolute Gasteiger partial charge is 0.481 e. The van der Waals surface area contributed by atoms with Gasteiger partial charge in [-0.25, -0.2) is 0 Å². The van der Waals surface area contributed by atoms with Crippen molar-refractivity contribution in [1.29, 1.82) is 0 Å². The van der Waals surface area contributed by atoms with E-state index in [1.54, 1.807) is 0 Å². The maximum atomic E-state index is 10.3. The van der Waals surface area contributed by atoms with E-state index in [-0.39, 0.29) is 35.7 Å². The molecule has 0 unspecified atom stereocenters. The van der Waals surface area contributed by atoms with Crippen molar-refractivity contribution in [3.05, 3.63) is 0 Å². The molecule has 4 heteroatoms. The Hall–Kier alpha value is 0.430. The van der Waals surface area contributed by atoms with Gasteiger partial charge in [-0.1, -0.05) is 96.8 Å². The van der Waals surface area contributed by atoms with Crippen molar-refractivity contribution >= 4 is 35.5 Å². The number of rotatable bonds is 16. The van der Waals surface area contributed by atoms with Gasteiger partial charge in [-0.05, 0) is 6.42 Å². The molecule has 0 aliphatic rings. The minimum Gasteiger partial charge on any atom is -0.481 e. The van der Waals surface area contributed by atoms with Crippen LogP contribution in [0.15, 0.2) is 0 Å². The van der Waals surface area contributed by atoms with Crippen LogP contribution < -0.4 is 6.15 Å². The van der Waals surface area contributed by atoms with E-state index in [4.69, 9.17) is 5.11 Å². The molecule has 0 atom stereocenters. The van der Waals surface area contributed by atoms with E-state index in [0.29, 0.717) is 6.42 Å². The second-order valence-electron chi connectivity index (χ2n) is 6.09. The Morgan fingerprint density at radius 2 is 0.909 bits per heavy atom. The molecule has 0 aliphatic carbocycles. The Kier molecular flexibility index (Phi) is 29.4. The smallest absolute Gasteiger partial charge is 0.303 e. The number of unbranched alkanes of at least 4 members (excludes halogenated alkanes) is 14. The Bertz CT molecular complexity index is 213. The number of hydrogen-bond donors (Lipinski definition) is 2. The van der Waals surface area contributed by atoms with Gasteiger partial charge in [0.15, 0.2) is 0 Å². The molecule has 1 radical (unpaired) electrons. The first-order chi connectivity index (χ1) is 9.77. The Labute approximate surface area is 160 Å². The zero-order valence-electron chi connectivity index (χ0n) is 15.4. The average molecular weight is 325 g/mol. The SMILES string of the molecule is CCCCCCCCCCCCCCCCCC(=O)O.N.[Na]. The van der Waals surface area contributed by atoms with Gasteiger partial charge in [0.25, 0.3) is 0 Å². The molecule has 0 heterocycles. The predicted octanol–water partition coefficient (Wildman–Crippen LogP) is 6.11. The van der Waals surface area contributed by atoms with E-state index >= 15 is 0 Å². The summed E-state index contributed by atoms with van der Waals surface area (Å²) in [4.78, 5) is 10.3. The quantitative estimate of drug-likeness (QED) is 0.265. The van der Waals surface area contributed by atoms with Crippen LogP contribution in [0.3, 0.4) is 0 Å². The molecule has 0 rings (SSSR count). The zero-order chi connectivity index (χ0) is 14.9. The van der Waals surface area contributed by atoms with Gasteiger partial charge < -0.3 is 11.3 Å². The van der Waals surface area contributed by atoms with Gasteiger partial charge in [-0.2, -0.15) is 0 Å². The van der Waals surface area contributed by atoms with Crippen LogP contribution in [0.4, 0.5) is 0 Å². The summed E-state index contributed by atoms with van der Waals surface area (Å²) in [6, 6.07) is 0. The molecule has 0 spiro atoms. The third-order valence-corrected chi connectivity index (χ3v) is 3.99. The average Bonchev–Trinajstić information content (AvgIpc) is 2.43. The van der Waals surface area contributed by atoms with Crippen molar-refractivity contribution in [1.82, 2.24) is 6.15 Å². The first-order valence-corrected chi connectivity index (χ1v) is 8.99. The van der Waals surface area contributed by atoms with Gasteiger partial charge in [-0.3, -0.25) is 4.79 Å². The van der Waals surface area contributed by atoms with Crippen molar-refractivity contribution < 1.29 is 9.90 Å². The molecule has 0 aromatic heterocycles. The van der Waals surface area contributed by atoms with Crippen molar-refractivity contribution in [2.45, 2.75) is 110 Å². The molecule has 0 aromatic rings. The predicted molar refractivity (Wildman–Crippen MR) is 98.0 cm³/mol. The summed E-state index contributed by atoms with van der Waals surface area (Å²) in [5, 5.41) is 8.52. The number of carbonyl (C=O) groups is 1. The number of aliphatic carboxylic acids is 1. The first kappa shape index (κ1) is 27.3. The summed E-state index contributed by atoms with van der Waals surface area (Å²) in [5.74, 6) is -0.653. The molecular weight excluding hydrogens is 285 g/mol. The molecular formula is C18H39NNaO2. The first-order valence-electron chi connectivity index (χ1n) is 8.99. The molecule has 0 saturated heterocycles. The summed E-state index contributed by atoms with van der Waals surface area (Å²) in [5.41, 5.74) is 0. The standard InChI is InChI=1S/C18H36O2.H3N.Na/c1-2-3-4-5-6-7-8-9-10-11-12-13-14-15-16-17-18(19)20;;/h2-17H2,1H3,(H,19,20);1H3;. The fraction of sp³-hybridized carbons (Fsp3) is 0.944. The van der Waals surface area contributed by atoms with Crippen LogP contribution in [0, 0.1) is 0 Å². The Balaban J connectivity index is -0.00000180. The van der Waals surface area contributed by atoms with Gasteiger partial charge in [0.05, 0.1) is 0 Å². The normalized spacial score (nSPS) is 9.86. The third-order valence-electron chi connectivity index (χ3n) is 3.99. The van der Waals surface area contributed by atoms with Crippen molar-refractivity contribution in [3.63, 3.8) is 0 Å². The van der Waals surface area contributed by atoms with Crippen LogP contribution in [0.5, 0.6) is 0 Å². The van der Waals surface area contributed by atoms with Crippen molar-refractivity contribution in [2.24, 2.45) is 0 Å². The summed E-state index contributed by atoms with van der Waals surface area (Å²) >= 11 is 0. The van der Waals surface area contributed by atoms with Crippen LogP contribution in [-0.2, 0) is 4.79 Å². The molecule has 3 nitrogen and oxygen atoms in total. The van der Waals surface area contributed by atoms with Gasteiger partial charge in [-0.15, -0.1) is 0 Å². The molecule has 22 heavy (non-hydrogen) atoms. The molecule has 0 amide bonds. The van der Waals surface area contributed by atoms with E-state index in [1.807, 2.05) is 0 Å². The maximum absolute atomic E-state index is 10.3. The Morgan fingerprint density at radius 3 is 1.18 bits per heavy atom. The maximum Gasteiger partial charge on any atom is 0.303 e.